The maximum Gasteiger partial charge on any atom is 0.303 e. The summed E-state index contributed by atoms with van der Waals surface area (Å²) in [5.74, 6) is -0.954. The summed E-state index contributed by atoms with van der Waals surface area (Å²) in [4.78, 5) is 10.7. The topological polar surface area (TPSA) is 101 Å². The summed E-state index contributed by atoms with van der Waals surface area (Å²) in [6.45, 7) is 4.96. The number of aromatic nitrogens is 2. The molecule has 0 spiro atoms. The minimum absolute atomic E-state index is 0.0957. The molecule has 0 aromatic carbocycles. The van der Waals surface area contributed by atoms with E-state index in [1.165, 1.54) is 10.9 Å². The Hall–Kier alpha value is -1.41. The zero-order valence-electron chi connectivity index (χ0n) is 11.5. The number of nitrogens with zero attached hydrogens (tertiary/aromatic N) is 2. The third-order valence-corrected chi connectivity index (χ3v) is 4.66. The normalized spacial score (nSPS) is 12.6. The Balaban J connectivity index is 2.91. The maximum atomic E-state index is 12.2. The molecule has 0 aliphatic heterocycles. The van der Waals surface area contributed by atoms with Crippen molar-refractivity contribution in [2.45, 2.75) is 44.0 Å². The molecule has 1 aromatic heterocycles. The highest BCUT2D eigenvalue weighted by atomic mass is 32.2. The molecule has 7 nitrogen and oxygen atoms in total. The van der Waals surface area contributed by atoms with Gasteiger partial charge in [-0.2, -0.15) is 5.10 Å². The van der Waals surface area contributed by atoms with Crippen LogP contribution in [0.25, 0.3) is 0 Å². The molecule has 0 saturated heterocycles. The van der Waals surface area contributed by atoms with Crippen molar-refractivity contribution >= 4 is 16.0 Å². The molecule has 1 aromatic rings. The van der Waals surface area contributed by atoms with Crippen molar-refractivity contribution in [1.82, 2.24) is 14.5 Å². The number of nitrogens with one attached hydrogen (secondary N) is 1. The largest absolute Gasteiger partial charge is 0.481 e. The predicted molar refractivity (Wildman–Crippen MR) is 69.2 cm³/mol. The van der Waals surface area contributed by atoms with Crippen molar-refractivity contribution < 1.29 is 18.3 Å². The summed E-state index contributed by atoms with van der Waals surface area (Å²) in [5, 5.41) is 12.5. The summed E-state index contributed by atoms with van der Waals surface area (Å²) < 4.78 is 28.4. The highest BCUT2D eigenvalue weighted by Crippen LogP contribution is 2.19. The molecule has 19 heavy (non-hydrogen) atoms. The summed E-state index contributed by atoms with van der Waals surface area (Å²) in [6, 6.07) is 0. The standard InChI is InChI=1S/C11H19N3O4S/c1-8-9(7-12-14(8)4)19(17,18)13-11(2,3)6-5-10(15)16/h7,13H,5-6H2,1-4H3,(H,15,16). The van der Waals surface area contributed by atoms with Crippen LogP contribution in [0.3, 0.4) is 0 Å². The van der Waals surface area contributed by atoms with Crippen molar-refractivity contribution in [1.29, 1.82) is 0 Å². The number of hydrogen-bond acceptors (Lipinski definition) is 4. The average Bonchev–Trinajstić information content (AvgIpc) is 2.56. The van der Waals surface area contributed by atoms with Crippen LogP contribution in [-0.2, 0) is 21.9 Å². The van der Waals surface area contributed by atoms with Gasteiger partial charge in [0.1, 0.15) is 4.90 Å². The van der Waals surface area contributed by atoms with Crippen LogP contribution >= 0.6 is 0 Å². The van der Waals surface area contributed by atoms with Gasteiger partial charge in [0.25, 0.3) is 0 Å². The molecule has 1 heterocycles. The first-order valence-corrected chi connectivity index (χ1v) is 7.28. The number of aryl methyl sites for hydroxylation is 1. The van der Waals surface area contributed by atoms with Gasteiger partial charge >= 0.3 is 5.97 Å². The van der Waals surface area contributed by atoms with Crippen molar-refractivity contribution in [2.75, 3.05) is 0 Å². The fraction of sp³-hybridized carbons (Fsp3) is 0.636. The number of carboxylic acid groups (broad SMARTS) is 1. The summed E-state index contributed by atoms with van der Waals surface area (Å²) in [6.07, 6.45) is 1.40. The van der Waals surface area contributed by atoms with E-state index in [0.717, 1.165) is 0 Å². The first-order valence-electron chi connectivity index (χ1n) is 5.79. The molecule has 2 N–H and O–H groups in total. The third-order valence-electron chi connectivity index (χ3n) is 2.85. The van der Waals surface area contributed by atoms with E-state index in [9.17, 15) is 13.2 Å². The molecule has 1 rings (SSSR count). The number of carbonyl (C=O) groups is 1. The molecule has 0 radical (unpaired) electrons. The second kappa shape index (κ2) is 5.30. The molecular weight excluding hydrogens is 270 g/mol. The van der Waals surface area contributed by atoms with Gasteiger partial charge in [-0.25, -0.2) is 13.1 Å². The van der Waals surface area contributed by atoms with Gasteiger partial charge in [-0.1, -0.05) is 0 Å². The second-order valence-corrected chi connectivity index (χ2v) is 6.75. The average molecular weight is 289 g/mol. The molecule has 0 unspecified atom stereocenters. The van der Waals surface area contributed by atoms with Gasteiger partial charge in [0, 0.05) is 19.0 Å². The molecule has 0 bridgehead atoms. The minimum Gasteiger partial charge on any atom is -0.481 e. The lowest BCUT2D eigenvalue weighted by Gasteiger charge is -2.25. The van der Waals surface area contributed by atoms with Crippen molar-refractivity contribution in [3.63, 3.8) is 0 Å². The lowest BCUT2D eigenvalue weighted by atomic mass is 10.0. The van der Waals surface area contributed by atoms with Crippen LogP contribution in [-0.4, -0.2) is 34.8 Å². The molecule has 0 fully saturated rings. The second-order valence-electron chi connectivity index (χ2n) is 5.10. The van der Waals surface area contributed by atoms with Crippen LogP contribution in [0.1, 0.15) is 32.4 Å². The first kappa shape index (κ1) is 15.6. The maximum absolute atomic E-state index is 12.2. The molecule has 0 atom stereocenters. The molecule has 8 heteroatoms. The van der Waals surface area contributed by atoms with Gasteiger partial charge < -0.3 is 5.11 Å². The van der Waals surface area contributed by atoms with Crippen LogP contribution in [0.5, 0.6) is 0 Å². The first-order chi connectivity index (χ1) is 8.55. The lowest BCUT2D eigenvalue weighted by Crippen LogP contribution is -2.43. The Kier molecular flexibility index (Phi) is 4.36. The smallest absolute Gasteiger partial charge is 0.303 e. The SMILES string of the molecule is Cc1c(S(=O)(=O)NC(C)(C)CCC(=O)O)cnn1C. The number of carboxylic acids is 1. The zero-order chi connectivity index (χ0) is 14.8. The highest BCUT2D eigenvalue weighted by Gasteiger charge is 2.29. The molecule has 0 saturated carbocycles. The van der Waals surface area contributed by atoms with E-state index in [2.05, 4.69) is 9.82 Å². The van der Waals surface area contributed by atoms with Crippen LogP contribution in [0.4, 0.5) is 0 Å². The summed E-state index contributed by atoms with van der Waals surface area (Å²) >= 11 is 0. The molecule has 0 aliphatic rings. The highest BCUT2D eigenvalue weighted by molar-refractivity contribution is 7.89. The van der Waals surface area contributed by atoms with E-state index in [-0.39, 0.29) is 17.7 Å². The van der Waals surface area contributed by atoms with Gasteiger partial charge in [-0.05, 0) is 27.2 Å². The van der Waals surface area contributed by atoms with Gasteiger partial charge in [0.15, 0.2) is 0 Å². The Morgan fingerprint density at radius 1 is 1.53 bits per heavy atom. The van der Waals surface area contributed by atoms with E-state index in [1.807, 2.05) is 0 Å². The fourth-order valence-electron chi connectivity index (χ4n) is 1.63. The van der Waals surface area contributed by atoms with E-state index in [4.69, 9.17) is 5.11 Å². The van der Waals surface area contributed by atoms with E-state index in [0.29, 0.717) is 5.69 Å². The predicted octanol–water partition coefficient (Wildman–Crippen LogP) is 0.650. The van der Waals surface area contributed by atoms with E-state index in [1.54, 1.807) is 27.8 Å². The Bertz CT molecular complexity index is 575. The number of sulfonamides is 1. The third kappa shape index (κ3) is 4.03. The molecular formula is C11H19N3O4S. The van der Waals surface area contributed by atoms with Crippen molar-refractivity contribution in [2.24, 2.45) is 7.05 Å². The monoisotopic (exact) mass is 289 g/mol. The number of hydrogen-bond donors (Lipinski definition) is 2. The Morgan fingerprint density at radius 3 is 2.53 bits per heavy atom. The van der Waals surface area contributed by atoms with Crippen LogP contribution in [0, 0.1) is 6.92 Å². The lowest BCUT2D eigenvalue weighted by molar-refractivity contribution is -0.137. The van der Waals surface area contributed by atoms with Crippen LogP contribution in [0.2, 0.25) is 0 Å². The quantitative estimate of drug-likeness (QED) is 0.800. The summed E-state index contributed by atoms with van der Waals surface area (Å²) in [7, 11) is -2.05. The van der Waals surface area contributed by atoms with E-state index < -0.39 is 21.5 Å². The Labute approximate surface area is 112 Å². The number of aliphatic carboxylic acids is 1. The van der Waals surface area contributed by atoms with Crippen LogP contribution in [0.15, 0.2) is 11.1 Å². The minimum atomic E-state index is -3.70. The van der Waals surface area contributed by atoms with Gasteiger partial charge in [0.2, 0.25) is 10.0 Å². The van der Waals surface area contributed by atoms with Gasteiger partial charge in [-0.15, -0.1) is 0 Å². The van der Waals surface area contributed by atoms with Crippen molar-refractivity contribution in [3.05, 3.63) is 11.9 Å². The van der Waals surface area contributed by atoms with E-state index >= 15 is 0 Å². The van der Waals surface area contributed by atoms with Crippen LogP contribution < -0.4 is 4.72 Å². The zero-order valence-corrected chi connectivity index (χ0v) is 12.3. The number of rotatable bonds is 6. The van der Waals surface area contributed by atoms with Gasteiger partial charge in [0.05, 0.1) is 11.9 Å². The molecule has 0 amide bonds. The molecule has 0 aliphatic carbocycles. The van der Waals surface area contributed by atoms with Gasteiger partial charge in [-0.3, -0.25) is 9.48 Å². The summed E-state index contributed by atoms with van der Waals surface area (Å²) in [5.41, 5.74) is -0.305. The fourth-order valence-corrected chi connectivity index (χ4v) is 3.28. The van der Waals surface area contributed by atoms with Crippen molar-refractivity contribution in [3.8, 4) is 0 Å². The molecule has 108 valence electrons. The Morgan fingerprint density at radius 2 is 2.11 bits per heavy atom.